The molecule has 1 heterocycles. The van der Waals surface area contributed by atoms with E-state index in [4.69, 9.17) is 0 Å². The molecule has 0 bridgehead atoms. The lowest BCUT2D eigenvalue weighted by Gasteiger charge is -2.19. The van der Waals surface area contributed by atoms with E-state index in [0.717, 1.165) is 16.7 Å². The van der Waals surface area contributed by atoms with Gasteiger partial charge in [0.2, 0.25) is 0 Å². The number of carbonyl (C=O) groups is 2. The van der Waals surface area contributed by atoms with Crippen molar-refractivity contribution < 1.29 is 14.0 Å². The van der Waals surface area contributed by atoms with Crippen LogP contribution in [0.2, 0.25) is 0 Å². The number of hydrogen-bond donors (Lipinski definition) is 0. The number of hydrogen-bond acceptors (Lipinski definition) is 2. The molecule has 2 aromatic rings. The molecular weight excluding hydrogens is 269 g/mol. The first-order chi connectivity index (χ1) is 9.99. The maximum absolute atomic E-state index is 13.0. The van der Waals surface area contributed by atoms with Gasteiger partial charge in [-0.2, -0.15) is 0 Å². The number of fused-ring (bicyclic) bond motifs is 1. The van der Waals surface area contributed by atoms with Gasteiger partial charge < -0.3 is 4.90 Å². The Hall–Kier alpha value is -2.49. The molecule has 4 heteroatoms. The number of rotatable bonds is 2. The number of carbonyl (C=O) groups excluding carboxylic acids is 2. The molecule has 0 N–H and O–H groups in total. The van der Waals surface area contributed by atoms with E-state index in [1.54, 1.807) is 12.1 Å². The molecule has 0 saturated carbocycles. The van der Waals surface area contributed by atoms with Crippen LogP contribution >= 0.6 is 0 Å². The number of nitrogens with zero attached hydrogens (tertiary/aromatic N) is 1. The fraction of sp³-hybridized carbons (Fsp3) is 0.176. The highest BCUT2D eigenvalue weighted by molar-refractivity contribution is 6.52. The second-order valence-corrected chi connectivity index (χ2v) is 5.27. The van der Waals surface area contributed by atoms with Gasteiger partial charge in [0.05, 0.1) is 17.8 Å². The molecule has 0 fully saturated rings. The molecule has 0 aromatic heterocycles. The van der Waals surface area contributed by atoms with Crippen LogP contribution in [-0.4, -0.2) is 11.7 Å². The van der Waals surface area contributed by atoms with Gasteiger partial charge in [0.1, 0.15) is 5.82 Å². The van der Waals surface area contributed by atoms with Crippen molar-refractivity contribution in [1.29, 1.82) is 0 Å². The van der Waals surface area contributed by atoms with Crippen molar-refractivity contribution in [3.63, 3.8) is 0 Å². The molecule has 0 atom stereocenters. The van der Waals surface area contributed by atoms with Crippen LogP contribution in [0.3, 0.4) is 0 Å². The summed E-state index contributed by atoms with van der Waals surface area (Å²) in [4.78, 5) is 25.9. The molecule has 1 amide bonds. The summed E-state index contributed by atoms with van der Waals surface area (Å²) in [6.45, 7) is 3.97. The summed E-state index contributed by atoms with van der Waals surface area (Å²) in [5.74, 6) is -1.31. The minimum Gasteiger partial charge on any atom is -0.300 e. The number of amides is 1. The highest BCUT2D eigenvalue weighted by atomic mass is 19.1. The van der Waals surface area contributed by atoms with Gasteiger partial charge in [-0.15, -0.1) is 0 Å². The molecule has 1 aliphatic rings. The normalized spacial score (nSPS) is 13.8. The Morgan fingerprint density at radius 1 is 0.952 bits per heavy atom. The van der Waals surface area contributed by atoms with Crippen LogP contribution in [0.25, 0.3) is 0 Å². The molecule has 0 saturated heterocycles. The lowest BCUT2D eigenvalue weighted by Crippen LogP contribution is -2.29. The number of ketones is 1. The molecule has 2 aromatic carbocycles. The monoisotopic (exact) mass is 283 g/mol. The van der Waals surface area contributed by atoms with Gasteiger partial charge in [0.15, 0.2) is 0 Å². The fourth-order valence-corrected chi connectivity index (χ4v) is 2.68. The smallest absolute Gasteiger partial charge is 0.299 e. The highest BCUT2D eigenvalue weighted by Gasteiger charge is 2.37. The summed E-state index contributed by atoms with van der Waals surface area (Å²) in [6.07, 6.45) is 0. The van der Waals surface area contributed by atoms with Crippen LogP contribution in [0.4, 0.5) is 10.1 Å². The van der Waals surface area contributed by atoms with Gasteiger partial charge in [-0.25, -0.2) is 4.39 Å². The molecular formula is C17H14FNO2. The molecule has 0 radical (unpaired) electrons. The van der Waals surface area contributed by atoms with Crippen molar-refractivity contribution in [2.24, 2.45) is 0 Å². The molecule has 21 heavy (non-hydrogen) atoms. The Kier molecular flexibility index (Phi) is 3.09. The zero-order valence-corrected chi connectivity index (χ0v) is 11.8. The van der Waals surface area contributed by atoms with E-state index < -0.39 is 11.7 Å². The molecule has 1 aliphatic heterocycles. The van der Waals surface area contributed by atoms with E-state index in [1.165, 1.54) is 17.0 Å². The average Bonchev–Trinajstić information content (AvgIpc) is 2.71. The zero-order valence-electron chi connectivity index (χ0n) is 11.8. The lowest BCUT2D eigenvalue weighted by molar-refractivity contribution is -0.114. The molecule has 0 aliphatic carbocycles. The highest BCUT2D eigenvalue weighted by Crippen LogP contribution is 2.35. The van der Waals surface area contributed by atoms with Gasteiger partial charge in [-0.3, -0.25) is 9.59 Å². The Morgan fingerprint density at radius 3 is 2.24 bits per heavy atom. The molecule has 106 valence electrons. The first-order valence-electron chi connectivity index (χ1n) is 6.70. The summed E-state index contributed by atoms with van der Waals surface area (Å²) >= 11 is 0. The van der Waals surface area contributed by atoms with Gasteiger partial charge in [-0.1, -0.05) is 24.3 Å². The first-order valence-corrected chi connectivity index (χ1v) is 6.70. The second kappa shape index (κ2) is 4.81. The number of anilines is 1. The van der Waals surface area contributed by atoms with E-state index in [1.807, 2.05) is 26.0 Å². The first kappa shape index (κ1) is 13.5. The SMILES string of the molecule is Cc1ccc(C)c2c1C(=O)C(=O)N2Cc1ccc(F)cc1. The van der Waals surface area contributed by atoms with Crippen LogP contribution in [0.15, 0.2) is 36.4 Å². The summed E-state index contributed by atoms with van der Waals surface area (Å²) in [5.41, 5.74) is 3.63. The standard InChI is InChI=1S/C17H14FNO2/c1-10-3-4-11(2)15-14(10)16(20)17(21)19(15)9-12-5-7-13(18)8-6-12/h3-8H,9H2,1-2H3. The average molecular weight is 283 g/mol. The van der Waals surface area contributed by atoms with Crippen LogP contribution in [-0.2, 0) is 11.3 Å². The van der Waals surface area contributed by atoms with Crippen LogP contribution < -0.4 is 4.90 Å². The minimum absolute atomic E-state index is 0.266. The molecule has 0 unspecified atom stereocenters. The van der Waals surface area contributed by atoms with Crippen molar-refractivity contribution in [2.45, 2.75) is 20.4 Å². The van der Waals surface area contributed by atoms with E-state index in [0.29, 0.717) is 11.3 Å². The molecule has 3 nitrogen and oxygen atoms in total. The van der Waals surface area contributed by atoms with Crippen molar-refractivity contribution in [1.82, 2.24) is 0 Å². The Morgan fingerprint density at radius 2 is 1.57 bits per heavy atom. The van der Waals surface area contributed by atoms with Gasteiger partial charge in [0.25, 0.3) is 11.7 Å². The van der Waals surface area contributed by atoms with Crippen molar-refractivity contribution in [2.75, 3.05) is 4.90 Å². The number of benzene rings is 2. The van der Waals surface area contributed by atoms with Crippen molar-refractivity contribution in [3.05, 3.63) is 64.5 Å². The van der Waals surface area contributed by atoms with Crippen molar-refractivity contribution >= 4 is 17.4 Å². The summed E-state index contributed by atoms with van der Waals surface area (Å²) < 4.78 is 13.0. The third kappa shape index (κ3) is 2.13. The molecule has 0 spiro atoms. The van der Waals surface area contributed by atoms with E-state index in [-0.39, 0.29) is 12.4 Å². The van der Waals surface area contributed by atoms with Crippen molar-refractivity contribution in [3.8, 4) is 0 Å². The van der Waals surface area contributed by atoms with E-state index >= 15 is 0 Å². The quantitative estimate of drug-likeness (QED) is 0.794. The Balaban J connectivity index is 2.05. The van der Waals surface area contributed by atoms with Gasteiger partial charge in [0, 0.05) is 0 Å². The van der Waals surface area contributed by atoms with E-state index in [2.05, 4.69) is 0 Å². The van der Waals surface area contributed by atoms with Gasteiger partial charge >= 0.3 is 0 Å². The maximum atomic E-state index is 13.0. The number of halogens is 1. The topological polar surface area (TPSA) is 37.4 Å². The summed E-state index contributed by atoms with van der Waals surface area (Å²) in [7, 11) is 0. The molecule has 3 rings (SSSR count). The van der Waals surface area contributed by atoms with E-state index in [9.17, 15) is 14.0 Å². The number of Topliss-reactive ketones (excluding diaryl/α,β-unsaturated/α-hetero) is 1. The predicted octanol–water partition coefficient (Wildman–Crippen LogP) is 3.17. The van der Waals surface area contributed by atoms with Gasteiger partial charge in [-0.05, 0) is 42.7 Å². The third-order valence-electron chi connectivity index (χ3n) is 3.78. The largest absolute Gasteiger partial charge is 0.300 e. The second-order valence-electron chi connectivity index (χ2n) is 5.27. The predicted molar refractivity (Wildman–Crippen MR) is 77.8 cm³/mol. The fourth-order valence-electron chi connectivity index (χ4n) is 2.68. The third-order valence-corrected chi connectivity index (χ3v) is 3.78. The Bertz CT molecular complexity index is 750. The maximum Gasteiger partial charge on any atom is 0.299 e. The number of aryl methyl sites for hydroxylation is 2. The summed E-state index contributed by atoms with van der Waals surface area (Å²) in [6, 6.07) is 9.69. The van der Waals surface area contributed by atoms with Crippen LogP contribution in [0, 0.1) is 19.7 Å². The van der Waals surface area contributed by atoms with Crippen LogP contribution in [0.5, 0.6) is 0 Å². The zero-order chi connectivity index (χ0) is 15.1. The van der Waals surface area contributed by atoms with Crippen LogP contribution in [0.1, 0.15) is 27.0 Å². The Labute approximate surface area is 122 Å². The lowest BCUT2D eigenvalue weighted by atomic mass is 10.0. The minimum atomic E-state index is -0.522. The summed E-state index contributed by atoms with van der Waals surface area (Å²) in [5, 5.41) is 0.